The third-order valence-corrected chi connectivity index (χ3v) is 7.53. The van der Waals surface area contributed by atoms with Gasteiger partial charge in [0, 0.05) is 46.4 Å². The number of carbonyl (C=O) groups excluding carboxylic acids is 1. The number of rotatable bonds is 7. The summed E-state index contributed by atoms with van der Waals surface area (Å²) in [5.41, 5.74) is -3.74. The van der Waals surface area contributed by atoms with E-state index in [1.165, 1.54) is 10.6 Å². The van der Waals surface area contributed by atoms with Gasteiger partial charge in [-0.1, -0.05) is 20.8 Å². The lowest BCUT2D eigenvalue weighted by Crippen LogP contribution is -2.30. The number of nitrogens with one attached hydrogen (secondary N) is 2. The summed E-state index contributed by atoms with van der Waals surface area (Å²) in [7, 11) is 0. The summed E-state index contributed by atoms with van der Waals surface area (Å²) in [5.74, 6) is -2.52. The monoisotopic (exact) mass is 621 g/mol. The van der Waals surface area contributed by atoms with Crippen molar-refractivity contribution in [2.45, 2.75) is 39.9 Å². The predicted octanol–water partition coefficient (Wildman–Crippen LogP) is 5.76. The smallest absolute Gasteiger partial charge is 0.434 e. The van der Waals surface area contributed by atoms with E-state index in [-0.39, 0.29) is 45.0 Å². The number of anilines is 1. The summed E-state index contributed by atoms with van der Waals surface area (Å²) in [5, 5.41) is 25.2. The van der Waals surface area contributed by atoms with Crippen LogP contribution in [0.25, 0.3) is 32.6 Å². The molecule has 0 spiro atoms. The zero-order chi connectivity index (χ0) is 31.9. The first-order valence-electron chi connectivity index (χ1n) is 12.9. The molecule has 0 fully saturated rings. The summed E-state index contributed by atoms with van der Waals surface area (Å²) >= 11 is 0.626. The van der Waals surface area contributed by atoms with Gasteiger partial charge in [0.2, 0.25) is 5.43 Å². The third-order valence-electron chi connectivity index (χ3n) is 6.66. The average molecular weight is 622 g/mol. The first kappa shape index (κ1) is 31.6. The highest BCUT2D eigenvalue weighted by molar-refractivity contribution is 7.13. The second kappa shape index (κ2) is 11.7. The van der Waals surface area contributed by atoms with Crippen molar-refractivity contribution in [1.82, 2.24) is 19.9 Å². The molecule has 3 aromatic heterocycles. The minimum atomic E-state index is -4.76. The maximum Gasteiger partial charge on any atom is 0.434 e. The first-order valence-corrected chi connectivity index (χ1v) is 13.8. The molecular formula is C28H27F4N5O5S. The van der Waals surface area contributed by atoms with Gasteiger partial charge in [-0.2, -0.15) is 13.2 Å². The van der Waals surface area contributed by atoms with E-state index in [9.17, 15) is 37.8 Å². The summed E-state index contributed by atoms with van der Waals surface area (Å²) in [6.07, 6.45) is -2.59. The van der Waals surface area contributed by atoms with Gasteiger partial charge in [0.1, 0.15) is 22.2 Å². The predicted molar refractivity (Wildman–Crippen MR) is 153 cm³/mol. The Kier molecular flexibility index (Phi) is 8.60. The molecule has 0 aliphatic rings. The van der Waals surface area contributed by atoms with Crippen LogP contribution < -0.4 is 16.1 Å². The number of thiazole rings is 1. The van der Waals surface area contributed by atoms with Crippen LogP contribution in [0.1, 0.15) is 49.8 Å². The van der Waals surface area contributed by atoms with Crippen LogP contribution in [0.3, 0.4) is 0 Å². The molecule has 2 amide bonds. The molecule has 0 radical (unpaired) electrons. The molecule has 228 valence electrons. The second-order valence-electron chi connectivity index (χ2n) is 10.6. The van der Waals surface area contributed by atoms with Crippen molar-refractivity contribution in [2.24, 2.45) is 5.41 Å². The maximum atomic E-state index is 15.9. The number of aliphatic hydroxyl groups excluding tert-OH is 1. The number of aromatic nitrogens is 3. The van der Waals surface area contributed by atoms with E-state index in [4.69, 9.17) is 0 Å². The number of urea groups is 1. The van der Waals surface area contributed by atoms with E-state index >= 15 is 4.39 Å². The SMILES string of the molecule is CCNC(=O)Nc1cc(-c2nc(C(F)(F)F)cs2)c(-c2cc3c(=O)c(C(=O)O)cn(C(CO)C(C)(C)C)c3cc2F)cn1. The highest BCUT2D eigenvalue weighted by Crippen LogP contribution is 2.40. The van der Waals surface area contributed by atoms with Crippen molar-refractivity contribution in [1.29, 1.82) is 0 Å². The molecule has 3 heterocycles. The van der Waals surface area contributed by atoms with Gasteiger partial charge >= 0.3 is 18.2 Å². The van der Waals surface area contributed by atoms with Crippen molar-refractivity contribution in [2.75, 3.05) is 18.5 Å². The van der Waals surface area contributed by atoms with Crippen LogP contribution in [-0.4, -0.2) is 49.9 Å². The molecular weight excluding hydrogens is 594 g/mol. The van der Waals surface area contributed by atoms with Crippen LogP contribution in [0.15, 0.2) is 40.8 Å². The largest absolute Gasteiger partial charge is 0.477 e. The summed E-state index contributed by atoms with van der Waals surface area (Å²) in [4.78, 5) is 45.1. The number of amides is 2. The van der Waals surface area contributed by atoms with E-state index in [2.05, 4.69) is 20.6 Å². The van der Waals surface area contributed by atoms with Crippen molar-refractivity contribution in [3.05, 3.63) is 63.3 Å². The Hall–Kier alpha value is -4.37. The molecule has 4 N–H and O–H groups in total. The van der Waals surface area contributed by atoms with E-state index in [1.54, 1.807) is 27.7 Å². The Morgan fingerprint density at radius 1 is 1.12 bits per heavy atom. The molecule has 0 aliphatic heterocycles. The van der Waals surface area contributed by atoms with Gasteiger partial charge in [-0.05, 0) is 30.5 Å². The first-order chi connectivity index (χ1) is 20.1. The van der Waals surface area contributed by atoms with Crippen LogP contribution >= 0.6 is 11.3 Å². The number of carboxylic acids is 1. The molecule has 1 atom stereocenters. The maximum absolute atomic E-state index is 15.9. The third kappa shape index (κ3) is 6.37. The minimum Gasteiger partial charge on any atom is -0.477 e. The molecule has 1 unspecified atom stereocenters. The van der Waals surface area contributed by atoms with E-state index in [0.717, 1.165) is 29.9 Å². The normalized spacial score (nSPS) is 12.8. The van der Waals surface area contributed by atoms with Gasteiger partial charge in [0.15, 0.2) is 5.69 Å². The summed E-state index contributed by atoms with van der Waals surface area (Å²) in [6.45, 7) is 6.83. The minimum absolute atomic E-state index is 0.00265. The lowest BCUT2D eigenvalue weighted by atomic mass is 9.86. The lowest BCUT2D eigenvalue weighted by molar-refractivity contribution is -0.140. The van der Waals surface area contributed by atoms with E-state index in [0.29, 0.717) is 11.3 Å². The lowest BCUT2D eigenvalue weighted by Gasteiger charge is -2.33. The molecule has 4 rings (SSSR count). The topological polar surface area (TPSA) is 146 Å². The number of pyridine rings is 2. The molecule has 0 saturated heterocycles. The number of halogens is 4. The second-order valence-corrected chi connectivity index (χ2v) is 11.5. The highest BCUT2D eigenvalue weighted by Gasteiger charge is 2.34. The molecule has 43 heavy (non-hydrogen) atoms. The summed E-state index contributed by atoms with van der Waals surface area (Å²) < 4.78 is 57.4. The Morgan fingerprint density at radius 3 is 2.37 bits per heavy atom. The van der Waals surface area contributed by atoms with Crippen LogP contribution in [0.5, 0.6) is 0 Å². The fraction of sp³-hybridized carbons (Fsp3) is 0.321. The molecule has 0 aliphatic carbocycles. The fourth-order valence-electron chi connectivity index (χ4n) is 4.53. The Balaban J connectivity index is 2.03. The average Bonchev–Trinajstić information content (AvgIpc) is 3.41. The van der Waals surface area contributed by atoms with Gasteiger partial charge in [-0.25, -0.2) is 23.9 Å². The van der Waals surface area contributed by atoms with Crippen LogP contribution in [0.2, 0.25) is 0 Å². The highest BCUT2D eigenvalue weighted by atomic mass is 32.1. The van der Waals surface area contributed by atoms with Crippen molar-refractivity contribution >= 4 is 40.1 Å². The number of nitrogens with zero attached hydrogens (tertiary/aromatic N) is 3. The van der Waals surface area contributed by atoms with Crippen LogP contribution in [0, 0.1) is 11.2 Å². The quantitative estimate of drug-likeness (QED) is 0.192. The van der Waals surface area contributed by atoms with Crippen molar-refractivity contribution in [3.8, 4) is 21.7 Å². The number of alkyl halides is 3. The number of fused-ring (bicyclic) bond motifs is 1. The van der Waals surface area contributed by atoms with Crippen LogP contribution in [0.4, 0.5) is 28.2 Å². The zero-order valence-electron chi connectivity index (χ0n) is 23.3. The molecule has 4 aromatic rings. The summed E-state index contributed by atoms with van der Waals surface area (Å²) in [6, 6.07) is 1.93. The molecule has 1 aromatic carbocycles. The fourth-order valence-corrected chi connectivity index (χ4v) is 5.39. The van der Waals surface area contributed by atoms with Crippen molar-refractivity contribution < 1.29 is 37.4 Å². The molecule has 0 bridgehead atoms. The van der Waals surface area contributed by atoms with Gasteiger partial charge < -0.3 is 20.1 Å². The number of carbonyl (C=O) groups is 2. The Labute approximate surface area is 246 Å². The van der Waals surface area contributed by atoms with Crippen molar-refractivity contribution in [3.63, 3.8) is 0 Å². The van der Waals surface area contributed by atoms with Gasteiger partial charge in [0.25, 0.3) is 0 Å². The number of aliphatic hydroxyl groups is 1. The Bertz CT molecular complexity index is 1780. The van der Waals surface area contributed by atoms with Gasteiger partial charge in [-0.15, -0.1) is 11.3 Å². The van der Waals surface area contributed by atoms with E-state index in [1.807, 2.05) is 0 Å². The number of benzene rings is 1. The van der Waals surface area contributed by atoms with Gasteiger partial charge in [-0.3, -0.25) is 10.1 Å². The molecule has 0 saturated carbocycles. The Morgan fingerprint density at radius 2 is 1.81 bits per heavy atom. The number of carboxylic acid groups (broad SMARTS) is 1. The molecule has 10 nitrogen and oxygen atoms in total. The number of hydrogen-bond acceptors (Lipinski definition) is 7. The van der Waals surface area contributed by atoms with E-state index < -0.39 is 58.7 Å². The zero-order valence-corrected chi connectivity index (χ0v) is 24.2. The number of aromatic carboxylic acids is 1. The standard InChI is InChI=1S/C28H27F4N5O5S/c1-5-33-26(42)36-22-7-14(24-35-20(12-43-24)28(30,31)32)16(9-34-22)13-6-15-19(8-18(13)29)37(21(11-38)27(2,3)4)10-17(23(15)39)25(40)41/h6-10,12,21,38H,5,11H2,1-4H3,(H,40,41)(H2,33,34,36,42). The number of hydrogen-bond donors (Lipinski definition) is 4. The van der Waals surface area contributed by atoms with Crippen LogP contribution in [-0.2, 0) is 6.18 Å². The molecule has 15 heteroatoms. The van der Waals surface area contributed by atoms with Gasteiger partial charge in [0.05, 0.1) is 18.2 Å².